The maximum Gasteiger partial charge on any atom is 0.267 e. The van der Waals surface area contributed by atoms with Gasteiger partial charge in [0.05, 0.1) is 17.3 Å². The number of nitriles is 1. The number of hydrogen-bond donors (Lipinski definition) is 2. The Hall–Kier alpha value is -2.23. The van der Waals surface area contributed by atoms with E-state index in [1.165, 1.54) is 6.07 Å². The van der Waals surface area contributed by atoms with Crippen LogP contribution in [0.4, 0.5) is 8.78 Å². The minimum absolute atomic E-state index is 0.628. The van der Waals surface area contributed by atoms with Crippen LogP contribution in [0.1, 0.15) is 28.0 Å². The van der Waals surface area contributed by atoms with Crippen molar-refractivity contribution in [3.05, 3.63) is 23.0 Å². The van der Waals surface area contributed by atoms with E-state index >= 15 is 0 Å². The van der Waals surface area contributed by atoms with Crippen molar-refractivity contribution in [3.63, 3.8) is 0 Å². The smallest absolute Gasteiger partial charge is 0.267 e. The van der Waals surface area contributed by atoms with Gasteiger partial charge in [-0.2, -0.15) is 5.26 Å². The van der Waals surface area contributed by atoms with Crippen LogP contribution in [-0.4, -0.2) is 16.0 Å². The lowest BCUT2D eigenvalue weighted by Gasteiger charge is -2.08. The zero-order valence-electron chi connectivity index (χ0n) is 7.24. The second kappa shape index (κ2) is 3.88. The second-order valence-electron chi connectivity index (χ2n) is 2.56. The lowest BCUT2D eigenvalue weighted by Crippen LogP contribution is -2.16. The van der Waals surface area contributed by atoms with E-state index in [2.05, 4.69) is 4.98 Å². The van der Waals surface area contributed by atoms with Crippen LogP contribution in [0.3, 0.4) is 0 Å². The predicted octanol–water partition coefficient (Wildman–Crippen LogP) is 0.695. The van der Waals surface area contributed by atoms with Gasteiger partial charge in [-0.3, -0.25) is 4.79 Å². The van der Waals surface area contributed by atoms with Crippen LogP contribution in [0, 0.1) is 11.3 Å². The van der Waals surface area contributed by atoms with Crippen LogP contribution in [0.15, 0.2) is 6.20 Å². The number of primary amides is 1. The van der Waals surface area contributed by atoms with Gasteiger partial charge in [0.15, 0.2) is 0 Å². The number of aromatic hydroxyl groups is 1. The monoisotopic (exact) mass is 213 g/mol. The fraction of sp³-hybridized carbons (Fsp3) is 0.125. The molecule has 0 aromatic carbocycles. The van der Waals surface area contributed by atoms with Crippen molar-refractivity contribution in [2.45, 2.75) is 6.43 Å². The summed E-state index contributed by atoms with van der Waals surface area (Å²) >= 11 is 0. The van der Waals surface area contributed by atoms with Crippen LogP contribution in [0.5, 0.6) is 5.75 Å². The van der Waals surface area contributed by atoms with Crippen LogP contribution < -0.4 is 5.73 Å². The molecule has 1 rings (SSSR count). The Morgan fingerprint density at radius 1 is 1.67 bits per heavy atom. The van der Waals surface area contributed by atoms with E-state index in [1.807, 2.05) is 0 Å². The van der Waals surface area contributed by atoms with E-state index in [-0.39, 0.29) is 0 Å². The van der Waals surface area contributed by atoms with Gasteiger partial charge in [-0.15, -0.1) is 0 Å². The van der Waals surface area contributed by atoms with Gasteiger partial charge in [0.1, 0.15) is 17.5 Å². The Morgan fingerprint density at radius 3 is 2.67 bits per heavy atom. The molecular formula is C8H5F2N3O2. The van der Waals surface area contributed by atoms with Gasteiger partial charge in [-0.1, -0.05) is 0 Å². The predicted molar refractivity (Wildman–Crippen MR) is 44.1 cm³/mol. The molecule has 1 heterocycles. The minimum Gasteiger partial charge on any atom is -0.505 e. The number of carbonyl (C=O) groups is 1. The third kappa shape index (κ3) is 1.83. The largest absolute Gasteiger partial charge is 0.505 e. The fourth-order valence-electron chi connectivity index (χ4n) is 1.08. The maximum atomic E-state index is 12.5. The first kappa shape index (κ1) is 10.8. The van der Waals surface area contributed by atoms with Crippen LogP contribution in [0.25, 0.3) is 0 Å². The highest BCUT2D eigenvalue weighted by atomic mass is 19.3. The lowest BCUT2D eigenvalue weighted by molar-refractivity contribution is 0.0982. The normalized spacial score (nSPS) is 10.0. The van der Waals surface area contributed by atoms with Crippen LogP contribution >= 0.6 is 0 Å². The van der Waals surface area contributed by atoms with Gasteiger partial charge in [-0.05, 0) is 0 Å². The summed E-state index contributed by atoms with van der Waals surface area (Å²) in [6.45, 7) is 0. The molecule has 78 valence electrons. The molecule has 0 spiro atoms. The average Bonchev–Trinajstić information content (AvgIpc) is 2.16. The van der Waals surface area contributed by atoms with E-state index in [4.69, 9.17) is 16.1 Å². The number of nitrogens with zero attached hydrogens (tertiary/aromatic N) is 2. The molecule has 0 saturated heterocycles. The molecule has 1 aromatic heterocycles. The highest BCUT2D eigenvalue weighted by molar-refractivity contribution is 5.97. The van der Waals surface area contributed by atoms with Gasteiger partial charge in [-0.25, -0.2) is 13.8 Å². The average molecular weight is 213 g/mol. The highest BCUT2D eigenvalue weighted by Gasteiger charge is 2.25. The molecule has 1 amide bonds. The Labute approximate surface area is 82.8 Å². The van der Waals surface area contributed by atoms with E-state index in [0.29, 0.717) is 0 Å². The van der Waals surface area contributed by atoms with Gasteiger partial charge in [0.2, 0.25) is 0 Å². The molecule has 3 N–H and O–H groups in total. The Bertz CT molecular complexity index is 454. The number of aromatic nitrogens is 1. The number of nitrogens with two attached hydrogens (primary N) is 1. The number of amides is 1. The van der Waals surface area contributed by atoms with Gasteiger partial charge >= 0.3 is 0 Å². The van der Waals surface area contributed by atoms with Crippen molar-refractivity contribution in [1.29, 1.82) is 5.26 Å². The van der Waals surface area contributed by atoms with Gasteiger partial charge in [0.25, 0.3) is 12.3 Å². The Kier molecular flexibility index (Phi) is 2.80. The van der Waals surface area contributed by atoms with E-state index in [9.17, 15) is 13.6 Å². The molecule has 0 aliphatic heterocycles. The second-order valence-corrected chi connectivity index (χ2v) is 2.56. The van der Waals surface area contributed by atoms with Crippen LogP contribution in [0.2, 0.25) is 0 Å². The van der Waals surface area contributed by atoms with Crippen molar-refractivity contribution in [2.75, 3.05) is 0 Å². The minimum atomic E-state index is -3.11. The van der Waals surface area contributed by atoms with Gasteiger partial charge < -0.3 is 10.8 Å². The summed E-state index contributed by atoms with van der Waals surface area (Å²) in [7, 11) is 0. The molecule has 0 fully saturated rings. The topological polar surface area (TPSA) is 100 Å². The molecule has 0 bridgehead atoms. The third-order valence-corrected chi connectivity index (χ3v) is 1.67. The quantitative estimate of drug-likeness (QED) is 0.754. The molecule has 0 aliphatic rings. The first-order valence-corrected chi connectivity index (χ1v) is 3.69. The fourth-order valence-corrected chi connectivity index (χ4v) is 1.08. The van der Waals surface area contributed by atoms with Crippen molar-refractivity contribution in [1.82, 2.24) is 4.98 Å². The zero-order valence-corrected chi connectivity index (χ0v) is 7.24. The van der Waals surface area contributed by atoms with Gasteiger partial charge in [0, 0.05) is 0 Å². The van der Waals surface area contributed by atoms with E-state index < -0.39 is 34.9 Å². The number of pyridine rings is 1. The molecule has 0 saturated carbocycles. The maximum absolute atomic E-state index is 12.5. The summed E-state index contributed by atoms with van der Waals surface area (Å²) in [5.74, 6) is -2.00. The molecular weight excluding hydrogens is 208 g/mol. The molecule has 0 unspecified atom stereocenters. The van der Waals surface area contributed by atoms with E-state index in [1.54, 1.807) is 0 Å². The van der Waals surface area contributed by atoms with Crippen molar-refractivity contribution in [2.24, 2.45) is 5.73 Å². The first-order valence-electron chi connectivity index (χ1n) is 3.69. The number of halogens is 2. The molecule has 0 radical (unpaired) electrons. The number of hydrogen-bond acceptors (Lipinski definition) is 4. The molecule has 15 heavy (non-hydrogen) atoms. The van der Waals surface area contributed by atoms with Crippen LogP contribution in [-0.2, 0) is 0 Å². The van der Waals surface area contributed by atoms with Crippen molar-refractivity contribution < 1.29 is 18.7 Å². The third-order valence-electron chi connectivity index (χ3n) is 1.67. The summed E-state index contributed by atoms with van der Waals surface area (Å²) in [6.07, 6.45) is -2.38. The van der Waals surface area contributed by atoms with Crippen molar-refractivity contribution in [3.8, 4) is 11.8 Å². The molecule has 0 atom stereocenters. The number of rotatable bonds is 2. The standard InChI is InChI=1S/C8H5F2N3O2/c9-7(10)5-3(1-11)13-2-4(14)6(5)8(12)15/h2,7,14H,(H2,12,15). The highest BCUT2D eigenvalue weighted by Crippen LogP contribution is 2.30. The summed E-state index contributed by atoms with van der Waals surface area (Å²) in [5.41, 5.74) is 2.47. The molecule has 0 aliphatic carbocycles. The summed E-state index contributed by atoms with van der Waals surface area (Å²) in [5, 5.41) is 17.6. The number of alkyl halides is 2. The zero-order chi connectivity index (χ0) is 11.6. The van der Waals surface area contributed by atoms with Crippen molar-refractivity contribution >= 4 is 5.91 Å². The van der Waals surface area contributed by atoms with E-state index in [0.717, 1.165) is 6.20 Å². The summed E-state index contributed by atoms with van der Waals surface area (Å²) < 4.78 is 25.0. The molecule has 7 heteroatoms. The molecule has 1 aromatic rings. The summed E-state index contributed by atoms with van der Waals surface area (Å²) in [4.78, 5) is 14.1. The lowest BCUT2D eigenvalue weighted by atomic mass is 10.1. The SMILES string of the molecule is N#Cc1ncc(O)c(C(N)=O)c1C(F)F. The first-order chi connectivity index (χ1) is 6.99. The number of carbonyl (C=O) groups excluding carboxylic acids is 1. The Morgan fingerprint density at radius 2 is 2.27 bits per heavy atom. The molecule has 5 nitrogen and oxygen atoms in total. The Balaban J connectivity index is 3.60. The summed E-state index contributed by atoms with van der Waals surface area (Å²) in [6, 6.07) is 1.39.